The van der Waals surface area contributed by atoms with Gasteiger partial charge in [0.2, 0.25) is 0 Å². The highest BCUT2D eigenvalue weighted by Gasteiger charge is 1.93. The van der Waals surface area contributed by atoms with E-state index >= 15 is 0 Å². The number of benzene rings is 4. The van der Waals surface area contributed by atoms with Crippen molar-refractivity contribution in [2.24, 2.45) is 0 Å². The average molecular weight is 547 g/mol. The van der Waals surface area contributed by atoms with Gasteiger partial charge >= 0.3 is 0 Å². The molecule has 8 nitrogen and oxygen atoms in total. The number of carboxylic acid groups (broad SMARTS) is 2. The van der Waals surface area contributed by atoms with Crippen LogP contribution in [0.25, 0.3) is 0 Å². The Morgan fingerprint density at radius 1 is 0.600 bits per heavy atom. The van der Waals surface area contributed by atoms with Gasteiger partial charge in [-0.3, -0.25) is 0 Å². The predicted molar refractivity (Wildman–Crippen MR) is 150 cm³/mol. The minimum absolute atomic E-state index is 0.236. The van der Waals surface area contributed by atoms with Gasteiger partial charge in [0, 0.05) is 12.8 Å². The van der Waals surface area contributed by atoms with E-state index in [2.05, 4.69) is 11.5 Å². The summed E-state index contributed by atoms with van der Waals surface area (Å²) in [5.74, 6) is -1.59. The fraction of sp³-hybridized carbons (Fsp3) is 0.188. The molecule has 212 valence electrons. The van der Waals surface area contributed by atoms with Crippen molar-refractivity contribution < 1.29 is 41.5 Å². The first-order valence-corrected chi connectivity index (χ1v) is 12.8. The predicted octanol–water partition coefficient (Wildman–Crippen LogP) is 1.07. The maximum absolute atomic E-state index is 10.2. The molecule has 0 saturated heterocycles. The third kappa shape index (κ3) is 14.3. The molecule has 8 heteroatoms. The Morgan fingerprint density at radius 3 is 1.15 bits per heavy atom. The molecule has 0 heterocycles. The van der Waals surface area contributed by atoms with Crippen molar-refractivity contribution in [2.75, 3.05) is 13.1 Å². The zero-order valence-corrected chi connectivity index (χ0v) is 23.0. The van der Waals surface area contributed by atoms with Gasteiger partial charge < -0.3 is 41.5 Å². The number of hydrogen-bond donors (Lipinski definition) is 4. The smallest absolute Gasteiger partial charge is 0.115 e. The number of rotatable bonds is 6. The molecule has 8 N–H and O–H groups in total. The second kappa shape index (κ2) is 18.6. The van der Waals surface area contributed by atoms with E-state index in [1.807, 2.05) is 50.2 Å². The zero-order valence-electron chi connectivity index (χ0n) is 23.0. The summed E-state index contributed by atoms with van der Waals surface area (Å²) in [6.07, 6.45) is 1.97. The number of quaternary nitrogens is 2. The number of phenolic OH excluding ortho intramolecular Hbond substituents is 2. The van der Waals surface area contributed by atoms with Gasteiger partial charge in [-0.15, -0.1) is 0 Å². The monoisotopic (exact) mass is 546 g/mol. The van der Waals surface area contributed by atoms with E-state index in [1.165, 1.54) is 23.3 Å². The lowest BCUT2D eigenvalue weighted by Gasteiger charge is -2.01. The third-order valence-corrected chi connectivity index (χ3v) is 5.31. The summed E-state index contributed by atoms with van der Waals surface area (Å²) >= 11 is 0. The fourth-order valence-corrected chi connectivity index (χ4v) is 3.28. The van der Waals surface area contributed by atoms with Gasteiger partial charge in [0.15, 0.2) is 0 Å². The number of carbonyl (C=O) groups is 2. The van der Waals surface area contributed by atoms with Crippen LogP contribution in [0.1, 0.15) is 43.0 Å². The topological polar surface area (TPSA) is 176 Å². The largest absolute Gasteiger partial charge is 0.545 e. The number of carboxylic acids is 2. The number of phenols is 2. The molecule has 40 heavy (non-hydrogen) atoms. The van der Waals surface area contributed by atoms with Gasteiger partial charge in [-0.1, -0.05) is 83.9 Å². The molecule has 4 aromatic carbocycles. The second-order valence-corrected chi connectivity index (χ2v) is 8.85. The van der Waals surface area contributed by atoms with Crippen molar-refractivity contribution in [3.05, 3.63) is 130 Å². The van der Waals surface area contributed by atoms with Crippen molar-refractivity contribution in [1.29, 1.82) is 0 Å². The Labute approximate surface area is 235 Å². The lowest BCUT2D eigenvalue weighted by atomic mass is 10.1. The molecule has 4 aromatic rings. The normalized spacial score (nSPS) is 9.50. The van der Waals surface area contributed by atoms with Gasteiger partial charge in [0.25, 0.3) is 0 Å². The first-order valence-electron chi connectivity index (χ1n) is 12.8. The Morgan fingerprint density at radius 2 is 0.925 bits per heavy atom. The van der Waals surface area contributed by atoms with Crippen LogP contribution in [-0.2, 0) is 12.8 Å². The molecule has 0 saturated carbocycles. The minimum atomic E-state index is -1.12. The fourth-order valence-electron chi connectivity index (χ4n) is 3.28. The first kappa shape index (κ1) is 33.4. The van der Waals surface area contributed by atoms with Gasteiger partial charge in [-0.25, -0.2) is 0 Å². The van der Waals surface area contributed by atoms with E-state index in [1.54, 1.807) is 48.5 Å². The van der Waals surface area contributed by atoms with Crippen LogP contribution in [0.2, 0.25) is 0 Å². The molecule has 0 aliphatic heterocycles. The van der Waals surface area contributed by atoms with Crippen LogP contribution < -0.4 is 21.7 Å². The van der Waals surface area contributed by atoms with Crippen LogP contribution in [0, 0.1) is 13.8 Å². The average Bonchev–Trinajstić information content (AvgIpc) is 2.93. The molecule has 0 bridgehead atoms. The van der Waals surface area contributed by atoms with Crippen LogP contribution >= 0.6 is 0 Å². The van der Waals surface area contributed by atoms with Gasteiger partial charge in [0.05, 0.1) is 25.0 Å². The number of aromatic carboxylic acids is 2. The van der Waals surface area contributed by atoms with Crippen molar-refractivity contribution in [2.45, 2.75) is 26.7 Å². The summed E-state index contributed by atoms with van der Waals surface area (Å²) in [6.45, 7) is 5.49. The zero-order chi connectivity index (χ0) is 29.9. The maximum Gasteiger partial charge on any atom is 0.115 e. The van der Waals surface area contributed by atoms with Crippen LogP contribution in [-0.4, -0.2) is 35.2 Å². The summed E-state index contributed by atoms with van der Waals surface area (Å²) in [5, 5.41) is 38.3. The maximum atomic E-state index is 10.2. The molecule has 0 atom stereocenters. The molecule has 0 fully saturated rings. The summed E-state index contributed by atoms with van der Waals surface area (Å²) in [4.78, 5) is 20.5. The van der Waals surface area contributed by atoms with E-state index in [9.17, 15) is 19.8 Å². The molecule has 0 spiro atoms. The summed E-state index contributed by atoms with van der Waals surface area (Å²) in [6, 6.07) is 27.7. The van der Waals surface area contributed by atoms with Gasteiger partial charge in [0.1, 0.15) is 11.5 Å². The van der Waals surface area contributed by atoms with E-state index in [0.29, 0.717) is 11.5 Å². The molecule has 0 amide bonds. The van der Waals surface area contributed by atoms with Gasteiger partial charge in [-0.2, -0.15) is 0 Å². The summed E-state index contributed by atoms with van der Waals surface area (Å²) in [7, 11) is 0. The van der Waals surface area contributed by atoms with Crippen molar-refractivity contribution in [1.82, 2.24) is 0 Å². The highest BCUT2D eigenvalue weighted by Crippen LogP contribution is 2.10. The van der Waals surface area contributed by atoms with E-state index in [-0.39, 0.29) is 11.1 Å². The standard InChI is InChI=1S/2C8H11NO.2C8H8O2/c2*9-6-5-7-1-3-8(10)4-2-7;2*1-6-3-2-4-7(5-6)8(9)10/h2*1-4,10H,5-6,9H2;2*2-5H,1H3,(H,9,10). The second-order valence-electron chi connectivity index (χ2n) is 8.85. The Hall–Kier alpha value is -4.66. The Bertz CT molecular complexity index is 1200. The SMILES string of the molecule is Cc1cccc(C(=O)[O-])c1.Cc1cccc(C(=O)[O-])c1.[NH3+]CCc1ccc(O)cc1.[NH3+]CCc1ccc(O)cc1. The highest BCUT2D eigenvalue weighted by molar-refractivity contribution is 5.86. The van der Waals surface area contributed by atoms with E-state index in [0.717, 1.165) is 37.1 Å². The number of aromatic hydroxyl groups is 2. The number of hydrogen-bond acceptors (Lipinski definition) is 6. The minimum Gasteiger partial charge on any atom is -0.545 e. The summed E-state index contributed by atoms with van der Waals surface area (Å²) in [5.41, 5.74) is 12.3. The molecule has 0 unspecified atom stereocenters. The molecule has 0 aliphatic carbocycles. The lowest BCUT2D eigenvalue weighted by Crippen LogP contribution is -2.51. The Balaban J connectivity index is 0.000000267. The third-order valence-electron chi connectivity index (χ3n) is 5.31. The Kier molecular flexibility index (Phi) is 15.5. The quantitative estimate of drug-likeness (QED) is 0.281. The van der Waals surface area contributed by atoms with Crippen LogP contribution in [0.5, 0.6) is 11.5 Å². The van der Waals surface area contributed by atoms with Crippen LogP contribution in [0.3, 0.4) is 0 Å². The van der Waals surface area contributed by atoms with Crippen LogP contribution in [0.15, 0.2) is 97.1 Å². The van der Waals surface area contributed by atoms with Gasteiger partial charge in [-0.05, 0) is 60.4 Å². The van der Waals surface area contributed by atoms with Crippen molar-refractivity contribution in [3.8, 4) is 11.5 Å². The van der Waals surface area contributed by atoms with E-state index < -0.39 is 11.9 Å². The molecule has 0 aromatic heterocycles. The molecular formula is C32H38N2O6. The van der Waals surface area contributed by atoms with Crippen molar-refractivity contribution in [3.63, 3.8) is 0 Å². The number of carbonyl (C=O) groups excluding carboxylic acids is 2. The lowest BCUT2D eigenvalue weighted by molar-refractivity contribution is -0.367. The molecule has 0 aliphatic rings. The van der Waals surface area contributed by atoms with E-state index in [4.69, 9.17) is 10.2 Å². The molecule has 0 radical (unpaired) electrons. The highest BCUT2D eigenvalue weighted by atomic mass is 16.4. The van der Waals surface area contributed by atoms with Crippen molar-refractivity contribution >= 4 is 11.9 Å². The first-order chi connectivity index (χ1) is 19.0. The summed E-state index contributed by atoms with van der Waals surface area (Å²) < 4.78 is 0. The molecule has 4 rings (SSSR count). The van der Waals surface area contributed by atoms with Crippen LogP contribution in [0.4, 0.5) is 0 Å². The molecular weight excluding hydrogens is 508 g/mol. The number of aryl methyl sites for hydroxylation is 2.